The fraction of sp³-hybridized carbons (Fsp3) is 0.464. The van der Waals surface area contributed by atoms with Crippen molar-refractivity contribution in [3.63, 3.8) is 0 Å². The summed E-state index contributed by atoms with van der Waals surface area (Å²) in [6, 6.07) is 16.3. The Hall–Kier alpha value is -1.65. The fourth-order valence-electron chi connectivity index (χ4n) is 4.00. The van der Waals surface area contributed by atoms with Crippen molar-refractivity contribution in [1.29, 1.82) is 0 Å². The van der Waals surface area contributed by atoms with E-state index in [9.17, 15) is 0 Å². The third-order valence-electron chi connectivity index (χ3n) is 5.88. The van der Waals surface area contributed by atoms with E-state index < -0.39 is 0 Å². The predicted octanol–water partition coefficient (Wildman–Crippen LogP) is 9.75. The molecule has 3 rings (SSSR count). The molecular weight excluding hydrogens is 367 g/mol. The Balaban J connectivity index is 2.48. The number of hydrogen-bond acceptors (Lipinski definition) is 0. The minimum absolute atomic E-state index is 0.161. The van der Waals surface area contributed by atoms with E-state index in [0.717, 1.165) is 0 Å². The van der Waals surface area contributed by atoms with Crippen molar-refractivity contribution in [1.82, 2.24) is 0 Å². The first-order chi connectivity index (χ1) is 13.5. The van der Waals surface area contributed by atoms with Crippen molar-refractivity contribution in [2.45, 2.75) is 85.5 Å². The van der Waals surface area contributed by atoms with Gasteiger partial charge in [-0.2, -0.15) is 0 Å². The molecule has 3 aromatic rings. The Morgan fingerprint density at radius 1 is 0.724 bits per heavy atom. The van der Waals surface area contributed by atoms with E-state index in [4.69, 9.17) is 0 Å². The second-order valence-corrected chi connectivity index (χ2v) is 11.5. The van der Waals surface area contributed by atoms with Crippen LogP contribution in [0.2, 0.25) is 0 Å². The van der Waals surface area contributed by atoms with Gasteiger partial charge < -0.3 is 0 Å². The highest BCUT2D eigenvalue weighted by atomic mass is 31.0. The summed E-state index contributed by atoms with van der Waals surface area (Å²) >= 11 is 0. The lowest BCUT2D eigenvalue weighted by Gasteiger charge is -2.26. The Morgan fingerprint density at radius 2 is 1.28 bits per heavy atom. The molecule has 0 spiro atoms. The van der Waals surface area contributed by atoms with Gasteiger partial charge in [-0.25, -0.2) is 0 Å². The molecule has 2 aromatic carbocycles. The zero-order valence-electron chi connectivity index (χ0n) is 19.7. The number of rotatable bonds is 4. The maximum Gasteiger partial charge on any atom is 0.0177 e. The van der Waals surface area contributed by atoms with Crippen LogP contribution in [-0.2, 0) is 5.41 Å². The lowest BCUT2D eigenvalue weighted by molar-refractivity contribution is 0.604. The molecular formula is C28H37P. The molecule has 0 saturated carbocycles. The van der Waals surface area contributed by atoms with Crippen LogP contribution in [0.5, 0.6) is 0 Å². The highest BCUT2D eigenvalue weighted by Crippen LogP contribution is 2.48. The molecule has 0 atom stereocenters. The lowest BCUT2D eigenvalue weighted by Crippen LogP contribution is -2.09. The quantitative estimate of drug-likeness (QED) is 0.406. The lowest BCUT2D eigenvalue weighted by atomic mass is 9.83. The van der Waals surface area contributed by atoms with Crippen molar-refractivity contribution in [2.24, 2.45) is 0 Å². The van der Waals surface area contributed by atoms with Gasteiger partial charge in [-0.3, -0.25) is 0 Å². The summed E-state index contributed by atoms with van der Waals surface area (Å²) in [7, 11) is 1.36. The molecule has 0 aliphatic heterocycles. The molecule has 0 unspecified atom stereocenters. The second-order valence-electron chi connectivity index (χ2n) is 10.4. The zero-order valence-corrected chi connectivity index (χ0v) is 20.6. The van der Waals surface area contributed by atoms with E-state index in [1.54, 1.807) is 0 Å². The van der Waals surface area contributed by atoms with Crippen molar-refractivity contribution >= 4 is 19.0 Å². The van der Waals surface area contributed by atoms with E-state index in [2.05, 4.69) is 105 Å². The topological polar surface area (TPSA) is 0 Å². The fourth-order valence-corrected chi connectivity index (χ4v) is 5.48. The summed E-state index contributed by atoms with van der Waals surface area (Å²) in [6.07, 6.45) is 0. The summed E-state index contributed by atoms with van der Waals surface area (Å²) in [5.74, 6) is 1.55. The van der Waals surface area contributed by atoms with Gasteiger partial charge in [-0.1, -0.05) is 107 Å². The van der Waals surface area contributed by atoms with Crippen LogP contribution >= 0.6 is 8.19 Å². The maximum absolute atomic E-state index is 2.48. The first-order valence-electron chi connectivity index (χ1n) is 11.1. The zero-order chi connectivity index (χ0) is 21.5. The van der Waals surface area contributed by atoms with Crippen molar-refractivity contribution in [3.05, 3.63) is 64.5 Å². The molecule has 1 heterocycles. The van der Waals surface area contributed by atoms with Crippen molar-refractivity contribution in [3.8, 4) is 10.9 Å². The second kappa shape index (κ2) is 8.23. The largest absolute Gasteiger partial charge is 0.0630 e. The van der Waals surface area contributed by atoms with Crippen molar-refractivity contribution < 1.29 is 0 Å². The monoisotopic (exact) mass is 404 g/mol. The highest BCUT2D eigenvalue weighted by molar-refractivity contribution is 7.35. The molecule has 0 bridgehead atoms. The molecule has 1 aromatic heterocycles. The van der Waals surface area contributed by atoms with Gasteiger partial charge in [-0.15, -0.1) is 0 Å². The third kappa shape index (κ3) is 4.44. The van der Waals surface area contributed by atoms with Crippen LogP contribution in [0.25, 0.3) is 21.6 Å². The molecule has 0 saturated heterocycles. The predicted molar refractivity (Wildman–Crippen MR) is 133 cm³/mol. The Morgan fingerprint density at radius 3 is 1.76 bits per heavy atom. The van der Waals surface area contributed by atoms with Gasteiger partial charge in [0.1, 0.15) is 0 Å². The van der Waals surface area contributed by atoms with Crippen LogP contribution in [0.3, 0.4) is 0 Å². The molecule has 0 radical (unpaired) electrons. The van der Waals surface area contributed by atoms with E-state index >= 15 is 0 Å². The summed E-state index contributed by atoms with van der Waals surface area (Å²) in [4.78, 5) is 0. The summed E-state index contributed by atoms with van der Waals surface area (Å²) < 4.78 is 0. The van der Waals surface area contributed by atoms with Gasteiger partial charge in [0, 0.05) is 5.30 Å². The molecule has 0 aliphatic carbocycles. The molecule has 0 amide bonds. The Bertz CT molecular complexity index is 987. The van der Waals surface area contributed by atoms with Gasteiger partial charge in [0.05, 0.1) is 0 Å². The number of benzene rings is 2. The normalized spacial score (nSPS) is 12.8. The van der Waals surface area contributed by atoms with E-state index in [1.807, 2.05) is 0 Å². The average Bonchev–Trinajstić information content (AvgIpc) is 2.65. The third-order valence-corrected chi connectivity index (χ3v) is 7.61. The van der Waals surface area contributed by atoms with E-state index in [0.29, 0.717) is 17.8 Å². The van der Waals surface area contributed by atoms with Crippen LogP contribution in [-0.4, -0.2) is 0 Å². The SMILES string of the molecule is CC(C)c1cc(C(C)C)c(-c2pc(C(C)(C)C)cc3ccccc23)c(C(C)C)c1. The van der Waals surface area contributed by atoms with Gasteiger partial charge in [0.2, 0.25) is 0 Å². The molecule has 0 nitrogen and oxygen atoms in total. The Kier molecular flexibility index (Phi) is 6.26. The summed E-state index contributed by atoms with van der Waals surface area (Å²) in [5, 5.41) is 5.77. The van der Waals surface area contributed by atoms with Crippen molar-refractivity contribution in [2.75, 3.05) is 0 Å². The molecule has 1 heteroatoms. The number of hydrogen-bond donors (Lipinski definition) is 0. The minimum Gasteiger partial charge on any atom is -0.0630 e. The summed E-state index contributed by atoms with van der Waals surface area (Å²) in [6.45, 7) is 21.0. The van der Waals surface area contributed by atoms with Crippen LogP contribution in [0, 0.1) is 0 Å². The first-order valence-corrected chi connectivity index (χ1v) is 12.0. The van der Waals surface area contributed by atoms with Crippen LogP contribution in [0.15, 0.2) is 42.5 Å². The summed E-state index contributed by atoms with van der Waals surface area (Å²) in [5.41, 5.74) is 6.14. The average molecular weight is 405 g/mol. The highest BCUT2D eigenvalue weighted by Gasteiger charge is 2.23. The van der Waals surface area contributed by atoms with Gasteiger partial charge in [0.15, 0.2) is 0 Å². The molecule has 29 heavy (non-hydrogen) atoms. The van der Waals surface area contributed by atoms with E-state index in [1.165, 1.54) is 51.8 Å². The molecule has 0 aliphatic rings. The van der Waals surface area contributed by atoms with Crippen LogP contribution in [0.1, 0.15) is 102 Å². The minimum atomic E-state index is 0.161. The Labute approximate surface area is 179 Å². The number of fused-ring (bicyclic) bond motifs is 1. The smallest absolute Gasteiger partial charge is 0.0177 e. The maximum atomic E-state index is 2.48. The van der Waals surface area contributed by atoms with Crippen LogP contribution < -0.4 is 0 Å². The first kappa shape index (κ1) is 22.0. The van der Waals surface area contributed by atoms with Gasteiger partial charge >= 0.3 is 0 Å². The molecule has 0 fully saturated rings. The van der Waals surface area contributed by atoms with Gasteiger partial charge in [0.25, 0.3) is 0 Å². The standard InChI is InChI=1S/C28H37P/c1-17(2)21-14-23(18(3)4)26(24(15-21)19(5)6)27-22-13-11-10-12-20(22)16-25(29-27)28(7,8)9/h10-19H,1-9H3. The van der Waals surface area contributed by atoms with E-state index in [-0.39, 0.29) is 5.41 Å². The molecule has 0 N–H and O–H groups in total. The molecule has 154 valence electrons. The van der Waals surface area contributed by atoms with Crippen LogP contribution in [0.4, 0.5) is 0 Å². The van der Waals surface area contributed by atoms with Gasteiger partial charge in [-0.05, 0) is 67.6 Å².